The summed E-state index contributed by atoms with van der Waals surface area (Å²) in [4.78, 5) is 0.238. The molecule has 0 bridgehead atoms. The lowest BCUT2D eigenvalue weighted by Crippen LogP contribution is -2.44. The third-order valence-corrected chi connectivity index (χ3v) is 5.66. The molecule has 20 heavy (non-hydrogen) atoms. The van der Waals surface area contributed by atoms with Crippen molar-refractivity contribution in [3.63, 3.8) is 0 Å². The van der Waals surface area contributed by atoms with Crippen LogP contribution in [0.1, 0.15) is 25.3 Å². The smallest absolute Gasteiger partial charge is 0.243 e. The van der Waals surface area contributed by atoms with E-state index in [1.165, 1.54) is 28.6 Å². The summed E-state index contributed by atoms with van der Waals surface area (Å²) in [7, 11) is -3.49. The average molecular weight is 293 g/mol. The molecule has 0 unspecified atom stereocenters. The van der Waals surface area contributed by atoms with Gasteiger partial charge in [-0.2, -0.15) is 9.57 Å². The van der Waals surface area contributed by atoms with E-state index in [9.17, 15) is 8.42 Å². The van der Waals surface area contributed by atoms with Gasteiger partial charge in [-0.3, -0.25) is 0 Å². The second-order valence-corrected chi connectivity index (χ2v) is 7.20. The Kier molecular flexibility index (Phi) is 4.43. The van der Waals surface area contributed by atoms with Crippen LogP contribution in [0.25, 0.3) is 0 Å². The molecule has 0 radical (unpaired) electrons. The number of sulfonamides is 1. The van der Waals surface area contributed by atoms with Gasteiger partial charge in [0.1, 0.15) is 0 Å². The summed E-state index contributed by atoms with van der Waals surface area (Å²) in [5, 5.41) is 8.75. The molecule has 1 aliphatic rings. The van der Waals surface area contributed by atoms with Gasteiger partial charge in [-0.15, -0.1) is 0 Å². The molecule has 1 aromatic rings. The Morgan fingerprint density at radius 1 is 1.40 bits per heavy atom. The molecule has 5 nitrogen and oxygen atoms in total. The molecule has 1 fully saturated rings. The number of rotatable bonds is 3. The summed E-state index contributed by atoms with van der Waals surface area (Å²) in [5.41, 5.74) is 6.35. The highest BCUT2D eigenvalue weighted by molar-refractivity contribution is 7.89. The van der Waals surface area contributed by atoms with Crippen LogP contribution in [-0.4, -0.2) is 31.9 Å². The third-order valence-electron chi connectivity index (χ3n) is 3.79. The Morgan fingerprint density at radius 2 is 2.05 bits per heavy atom. The molecule has 1 saturated heterocycles. The topological polar surface area (TPSA) is 87.2 Å². The Morgan fingerprint density at radius 3 is 2.60 bits per heavy atom. The van der Waals surface area contributed by atoms with Crippen molar-refractivity contribution in [1.29, 1.82) is 5.26 Å². The van der Waals surface area contributed by atoms with Gasteiger partial charge in [-0.05, 0) is 49.9 Å². The minimum atomic E-state index is -3.49. The highest BCUT2D eigenvalue weighted by Crippen LogP contribution is 2.25. The summed E-state index contributed by atoms with van der Waals surface area (Å²) < 4.78 is 26.6. The van der Waals surface area contributed by atoms with Crippen LogP contribution in [0.15, 0.2) is 29.2 Å². The van der Waals surface area contributed by atoms with Gasteiger partial charge in [0.15, 0.2) is 0 Å². The van der Waals surface area contributed by atoms with Gasteiger partial charge in [0.2, 0.25) is 10.0 Å². The Hall–Kier alpha value is -1.42. The molecule has 1 aromatic carbocycles. The fourth-order valence-corrected chi connectivity index (χ4v) is 4.01. The fraction of sp³-hybridized carbons (Fsp3) is 0.500. The Bertz CT molecular complexity index is 602. The zero-order valence-corrected chi connectivity index (χ0v) is 12.3. The van der Waals surface area contributed by atoms with E-state index in [4.69, 9.17) is 11.0 Å². The van der Waals surface area contributed by atoms with Gasteiger partial charge in [-0.25, -0.2) is 8.42 Å². The predicted molar refractivity (Wildman–Crippen MR) is 76.3 cm³/mol. The number of benzene rings is 1. The van der Waals surface area contributed by atoms with Crippen LogP contribution in [0.2, 0.25) is 0 Å². The lowest BCUT2D eigenvalue weighted by molar-refractivity contribution is 0.243. The van der Waals surface area contributed by atoms with E-state index in [1.54, 1.807) is 0 Å². The largest absolute Gasteiger partial charge is 0.328 e. The first kappa shape index (κ1) is 15.0. The fourth-order valence-electron chi connectivity index (χ4n) is 2.47. The van der Waals surface area contributed by atoms with E-state index in [0.717, 1.165) is 12.8 Å². The highest BCUT2D eigenvalue weighted by atomic mass is 32.2. The maximum atomic E-state index is 12.6. The van der Waals surface area contributed by atoms with Crippen molar-refractivity contribution in [2.45, 2.75) is 30.7 Å². The van der Waals surface area contributed by atoms with Crippen LogP contribution in [-0.2, 0) is 10.0 Å². The SMILES string of the molecule is C[C@@H](N)[C@@H]1CCCN(S(=O)(=O)c2ccc(C#N)cc2)C1. The van der Waals surface area contributed by atoms with Crippen molar-refractivity contribution in [3.05, 3.63) is 29.8 Å². The van der Waals surface area contributed by atoms with Gasteiger partial charge in [0.25, 0.3) is 0 Å². The normalized spacial score (nSPS) is 22.1. The molecule has 0 aromatic heterocycles. The van der Waals surface area contributed by atoms with Crippen LogP contribution >= 0.6 is 0 Å². The van der Waals surface area contributed by atoms with Crippen LogP contribution in [0.3, 0.4) is 0 Å². The van der Waals surface area contributed by atoms with Crippen molar-refractivity contribution in [2.24, 2.45) is 11.7 Å². The Labute approximate surface area is 120 Å². The molecule has 2 N–H and O–H groups in total. The van der Waals surface area contributed by atoms with E-state index in [-0.39, 0.29) is 16.9 Å². The third kappa shape index (κ3) is 3.01. The predicted octanol–water partition coefficient (Wildman–Crippen LogP) is 1.31. The van der Waals surface area contributed by atoms with Crippen molar-refractivity contribution in [1.82, 2.24) is 4.31 Å². The first-order valence-electron chi connectivity index (χ1n) is 6.71. The molecule has 0 spiro atoms. The molecule has 108 valence electrons. The van der Waals surface area contributed by atoms with Crippen molar-refractivity contribution in [2.75, 3.05) is 13.1 Å². The van der Waals surface area contributed by atoms with E-state index in [2.05, 4.69) is 0 Å². The van der Waals surface area contributed by atoms with E-state index in [1.807, 2.05) is 13.0 Å². The molecule has 2 atom stereocenters. The summed E-state index contributed by atoms with van der Waals surface area (Å²) in [6.45, 7) is 2.92. The molecular weight excluding hydrogens is 274 g/mol. The van der Waals surface area contributed by atoms with Crippen molar-refractivity contribution >= 4 is 10.0 Å². The molecular formula is C14H19N3O2S. The van der Waals surface area contributed by atoms with Gasteiger partial charge >= 0.3 is 0 Å². The summed E-state index contributed by atoms with van der Waals surface area (Å²) in [6.07, 6.45) is 1.80. The molecule has 1 heterocycles. The highest BCUT2D eigenvalue weighted by Gasteiger charge is 2.31. The number of hydrogen-bond acceptors (Lipinski definition) is 4. The lowest BCUT2D eigenvalue weighted by Gasteiger charge is -2.33. The van der Waals surface area contributed by atoms with Gasteiger partial charge in [0, 0.05) is 19.1 Å². The second kappa shape index (κ2) is 5.92. The summed E-state index contributed by atoms with van der Waals surface area (Å²) >= 11 is 0. The van der Waals surface area contributed by atoms with Crippen LogP contribution in [0.5, 0.6) is 0 Å². The zero-order chi connectivity index (χ0) is 14.8. The number of nitriles is 1. The lowest BCUT2D eigenvalue weighted by atomic mass is 9.93. The van der Waals surface area contributed by atoms with Crippen LogP contribution in [0, 0.1) is 17.2 Å². The van der Waals surface area contributed by atoms with Gasteiger partial charge in [-0.1, -0.05) is 0 Å². The molecule has 0 saturated carbocycles. The van der Waals surface area contributed by atoms with Crippen LogP contribution < -0.4 is 5.73 Å². The standard InChI is InChI=1S/C14H19N3O2S/c1-11(16)13-3-2-8-17(10-13)20(18,19)14-6-4-12(9-15)5-7-14/h4-7,11,13H,2-3,8,10,16H2,1H3/t11-,13-/m1/s1. The number of nitrogens with zero attached hydrogens (tertiary/aromatic N) is 2. The molecule has 0 aliphatic carbocycles. The Balaban J connectivity index is 2.23. The molecule has 1 aliphatic heterocycles. The first-order chi connectivity index (χ1) is 9.45. The van der Waals surface area contributed by atoms with Gasteiger partial charge < -0.3 is 5.73 Å². The van der Waals surface area contributed by atoms with E-state index < -0.39 is 10.0 Å². The minimum absolute atomic E-state index is 0.00559. The second-order valence-electron chi connectivity index (χ2n) is 5.26. The van der Waals surface area contributed by atoms with E-state index in [0.29, 0.717) is 18.7 Å². The minimum Gasteiger partial charge on any atom is -0.328 e. The molecule has 0 amide bonds. The monoisotopic (exact) mass is 293 g/mol. The van der Waals surface area contributed by atoms with Gasteiger partial charge in [0.05, 0.1) is 16.5 Å². The number of nitrogens with two attached hydrogens (primary N) is 1. The molecule has 2 rings (SSSR count). The molecule has 6 heteroatoms. The van der Waals surface area contributed by atoms with Crippen molar-refractivity contribution < 1.29 is 8.42 Å². The summed E-state index contributed by atoms with van der Waals surface area (Å²) in [6, 6.07) is 8.01. The average Bonchev–Trinajstić information content (AvgIpc) is 2.47. The van der Waals surface area contributed by atoms with Crippen molar-refractivity contribution in [3.8, 4) is 6.07 Å². The summed E-state index contributed by atoms with van der Waals surface area (Å²) in [5.74, 6) is 0.205. The quantitative estimate of drug-likeness (QED) is 0.910. The maximum Gasteiger partial charge on any atom is 0.243 e. The zero-order valence-electron chi connectivity index (χ0n) is 11.5. The number of hydrogen-bond donors (Lipinski definition) is 1. The number of piperidine rings is 1. The van der Waals surface area contributed by atoms with E-state index >= 15 is 0 Å². The first-order valence-corrected chi connectivity index (χ1v) is 8.15. The van der Waals surface area contributed by atoms with Crippen LogP contribution in [0.4, 0.5) is 0 Å². The maximum absolute atomic E-state index is 12.6.